The molecule has 1 spiro atoms. The molecule has 1 saturated heterocycles. The number of carbonyl (C=O) groups excluding carboxylic acids is 3. The zero-order valence-corrected chi connectivity index (χ0v) is 17.9. The summed E-state index contributed by atoms with van der Waals surface area (Å²) in [5.41, 5.74) is 1.53. The van der Waals surface area contributed by atoms with E-state index in [2.05, 4.69) is 10.3 Å². The van der Waals surface area contributed by atoms with E-state index in [1.165, 1.54) is 12.1 Å². The lowest BCUT2D eigenvalue weighted by molar-refractivity contribution is -0.143. The topological polar surface area (TPSA) is 112 Å². The molecule has 2 atom stereocenters. The van der Waals surface area contributed by atoms with E-state index in [9.17, 15) is 18.8 Å². The number of unbranched alkanes of at least 4 members (excludes halogenated alkanes) is 1. The lowest BCUT2D eigenvalue weighted by atomic mass is 9.84. The van der Waals surface area contributed by atoms with Gasteiger partial charge in [0.05, 0.1) is 6.20 Å². The number of likely N-dealkylation sites (tertiary alicyclic amines) is 1. The number of nitrogens with zero attached hydrogens (tertiary/aromatic N) is 2. The van der Waals surface area contributed by atoms with E-state index in [1.807, 2.05) is 6.92 Å². The Kier molecular flexibility index (Phi) is 7.59. The first-order chi connectivity index (χ1) is 14.9. The van der Waals surface area contributed by atoms with E-state index in [4.69, 9.17) is 5.21 Å². The van der Waals surface area contributed by atoms with Crippen LogP contribution in [0.25, 0.3) is 0 Å². The monoisotopic (exact) mass is 434 g/mol. The highest BCUT2D eigenvalue weighted by molar-refractivity contribution is 5.97. The van der Waals surface area contributed by atoms with Crippen LogP contribution in [0, 0.1) is 17.2 Å². The van der Waals surface area contributed by atoms with Crippen molar-refractivity contribution >= 4 is 23.5 Å². The number of amides is 3. The normalized spacial score (nSPS) is 20.6. The Bertz CT molecular complexity index is 795. The van der Waals surface area contributed by atoms with Crippen molar-refractivity contribution in [3.8, 4) is 0 Å². The Labute approximate surface area is 181 Å². The number of nitrogens with one attached hydrogen (secondary N) is 2. The number of anilines is 1. The van der Waals surface area contributed by atoms with Crippen LogP contribution in [0.5, 0.6) is 0 Å². The molecule has 2 heterocycles. The number of hydrogen-bond donors (Lipinski definition) is 3. The molecule has 0 aromatic carbocycles. The number of halogens is 1. The SMILES string of the molecule is CCCCC(CC(=O)NO)C(=O)N1CC2(CCCC2)CC1C(=O)Nc1ccc(F)cn1. The summed E-state index contributed by atoms with van der Waals surface area (Å²) in [5, 5.41) is 11.6. The number of hydrogen-bond acceptors (Lipinski definition) is 5. The van der Waals surface area contributed by atoms with E-state index >= 15 is 0 Å². The second-order valence-corrected chi connectivity index (χ2v) is 8.82. The van der Waals surface area contributed by atoms with E-state index in [-0.39, 0.29) is 29.5 Å². The van der Waals surface area contributed by atoms with Crippen LogP contribution in [-0.2, 0) is 14.4 Å². The smallest absolute Gasteiger partial charge is 0.248 e. The number of aromatic nitrogens is 1. The molecule has 1 aromatic heterocycles. The molecule has 31 heavy (non-hydrogen) atoms. The largest absolute Gasteiger partial charge is 0.330 e. The van der Waals surface area contributed by atoms with Crippen LogP contribution >= 0.6 is 0 Å². The van der Waals surface area contributed by atoms with E-state index in [1.54, 1.807) is 10.4 Å². The van der Waals surface area contributed by atoms with Crippen molar-refractivity contribution in [1.82, 2.24) is 15.4 Å². The van der Waals surface area contributed by atoms with Crippen molar-refractivity contribution in [2.24, 2.45) is 11.3 Å². The second kappa shape index (κ2) is 10.2. The van der Waals surface area contributed by atoms with Crippen molar-refractivity contribution in [2.75, 3.05) is 11.9 Å². The van der Waals surface area contributed by atoms with Gasteiger partial charge in [-0.2, -0.15) is 0 Å². The molecule has 3 N–H and O–H groups in total. The minimum Gasteiger partial charge on any atom is -0.330 e. The third-order valence-corrected chi connectivity index (χ3v) is 6.55. The maximum atomic E-state index is 13.5. The molecule has 1 saturated carbocycles. The van der Waals surface area contributed by atoms with Crippen LogP contribution in [0.2, 0.25) is 0 Å². The number of rotatable bonds is 8. The molecule has 3 amide bonds. The van der Waals surface area contributed by atoms with Crippen molar-refractivity contribution in [3.63, 3.8) is 0 Å². The third kappa shape index (κ3) is 5.58. The van der Waals surface area contributed by atoms with Gasteiger partial charge in [-0.25, -0.2) is 14.9 Å². The molecule has 0 bridgehead atoms. The highest BCUT2D eigenvalue weighted by atomic mass is 19.1. The Balaban J connectivity index is 1.80. The molecule has 9 heteroatoms. The molecule has 170 valence electrons. The van der Waals surface area contributed by atoms with Crippen LogP contribution < -0.4 is 10.8 Å². The molecular formula is C22H31FN4O4. The van der Waals surface area contributed by atoms with E-state index < -0.39 is 23.7 Å². The van der Waals surface area contributed by atoms with Gasteiger partial charge in [-0.15, -0.1) is 0 Å². The maximum Gasteiger partial charge on any atom is 0.248 e. The molecule has 2 unspecified atom stereocenters. The fraction of sp³-hybridized carbons (Fsp3) is 0.636. The minimum atomic E-state index is -0.668. The summed E-state index contributed by atoms with van der Waals surface area (Å²) in [6, 6.07) is 1.93. The lowest BCUT2D eigenvalue weighted by Crippen LogP contribution is -2.46. The average Bonchev–Trinajstić information content (AvgIpc) is 3.39. The van der Waals surface area contributed by atoms with Crippen molar-refractivity contribution in [2.45, 2.75) is 70.8 Å². The van der Waals surface area contributed by atoms with Gasteiger partial charge in [0.1, 0.15) is 17.7 Å². The zero-order chi connectivity index (χ0) is 22.4. The second-order valence-electron chi connectivity index (χ2n) is 8.82. The van der Waals surface area contributed by atoms with Gasteiger partial charge in [-0.3, -0.25) is 19.6 Å². The highest BCUT2D eigenvalue weighted by Gasteiger charge is 2.50. The first-order valence-electron chi connectivity index (χ1n) is 11.0. The van der Waals surface area contributed by atoms with Gasteiger partial charge in [0.2, 0.25) is 17.7 Å². The summed E-state index contributed by atoms with van der Waals surface area (Å²) >= 11 is 0. The van der Waals surface area contributed by atoms with Gasteiger partial charge >= 0.3 is 0 Å². The minimum absolute atomic E-state index is 0.0809. The molecule has 1 aliphatic heterocycles. The summed E-state index contributed by atoms with van der Waals surface area (Å²) in [6.45, 7) is 2.49. The first kappa shape index (κ1) is 23.1. The summed E-state index contributed by atoms with van der Waals surface area (Å²) in [6.07, 6.45) is 7.70. The van der Waals surface area contributed by atoms with E-state index in [0.29, 0.717) is 19.4 Å². The van der Waals surface area contributed by atoms with Crippen molar-refractivity contribution in [1.29, 1.82) is 0 Å². The first-order valence-corrected chi connectivity index (χ1v) is 11.0. The average molecular weight is 435 g/mol. The van der Waals surface area contributed by atoms with Gasteiger partial charge in [-0.05, 0) is 43.2 Å². The Morgan fingerprint density at radius 3 is 2.68 bits per heavy atom. The summed E-state index contributed by atoms with van der Waals surface area (Å²) < 4.78 is 13.1. The molecule has 1 aliphatic carbocycles. The summed E-state index contributed by atoms with van der Waals surface area (Å²) in [5.74, 6) is -2.05. The predicted molar refractivity (Wildman–Crippen MR) is 111 cm³/mol. The third-order valence-electron chi connectivity index (χ3n) is 6.55. The van der Waals surface area contributed by atoms with E-state index in [0.717, 1.165) is 44.7 Å². The number of hydroxylamine groups is 1. The van der Waals surface area contributed by atoms with Crippen LogP contribution in [-0.4, -0.2) is 45.4 Å². The molecular weight excluding hydrogens is 403 g/mol. The lowest BCUT2D eigenvalue weighted by Gasteiger charge is -2.28. The van der Waals surface area contributed by atoms with Crippen LogP contribution in [0.15, 0.2) is 18.3 Å². The van der Waals surface area contributed by atoms with Crippen LogP contribution in [0.4, 0.5) is 10.2 Å². The summed E-state index contributed by atoms with van der Waals surface area (Å²) in [7, 11) is 0. The molecule has 8 nitrogen and oxygen atoms in total. The van der Waals surface area contributed by atoms with Crippen molar-refractivity contribution in [3.05, 3.63) is 24.1 Å². The molecule has 2 aliphatic rings. The van der Waals surface area contributed by atoms with Gasteiger partial charge in [0.25, 0.3) is 0 Å². The Hall–Kier alpha value is -2.55. The fourth-order valence-electron chi connectivity index (χ4n) is 4.94. The van der Waals surface area contributed by atoms with Crippen LogP contribution in [0.1, 0.15) is 64.7 Å². The zero-order valence-electron chi connectivity index (χ0n) is 17.9. The molecule has 3 rings (SSSR count). The highest BCUT2D eigenvalue weighted by Crippen LogP contribution is 2.48. The van der Waals surface area contributed by atoms with Crippen LogP contribution in [0.3, 0.4) is 0 Å². The standard InChI is InChI=1S/C22H31FN4O4/c1-2-3-6-15(11-19(28)26-31)21(30)27-14-22(9-4-5-10-22)12-17(27)20(29)25-18-8-7-16(23)13-24-18/h7-8,13,15,17,31H,2-6,9-12,14H2,1H3,(H,26,28)(H,24,25,29). The molecule has 2 fully saturated rings. The van der Waals surface area contributed by atoms with Gasteiger partial charge < -0.3 is 10.2 Å². The number of carbonyl (C=O) groups is 3. The Morgan fingerprint density at radius 2 is 2.06 bits per heavy atom. The van der Waals surface area contributed by atoms with Gasteiger partial charge in [0, 0.05) is 18.9 Å². The van der Waals surface area contributed by atoms with Gasteiger partial charge in [-0.1, -0.05) is 32.6 Å². The molecule has 0 radical (unpaired) electrons. The summed E-state index contributed by atoms with van der Waals surface area (Å²) in [4.78, 5) is 43.9. The maximum absolute atomic E-state index is 13.5. The van der Waals surface area contributed by atoms with Gasteiger partial charge in [0.15, 0.2) is 0 Å². The number of pyridine rings is 1. The predicted octanol–water partition coefficient (Wildman–Crippen LogP) is 3.02. The molecule has 1 aromatic rings. The van der Waals surface area contributed by atoms with Crippen molar-refractivity contribution < 1.29 is 24.0 Å². The fourth-order valence-corrected chi connectivity index (χ4v) is 4.94. The quantitative estimate of drug-likeness (QED) is 0.430. The Morgan fingerprint density at radius 1 is 1.32 bits per heavy atom.